The van der Waals surface area contributed by atoms with Gasteiger partial charge in [-0.1, -0.05) is 0 Å². The van der Waals surface area contributed by atoms with Crippen LogP contribution in [0.5, 0.6) is 0 Å². The molecule has 1 unspecified atom stereocenters. The lowest BCUT2D eigenvalue weighted by Crippen LogP contribution is -2.48. The van der Waals surface area contributed by atoms with Crippen molar-refractivity contribution in [3.8, 4) is 0 Å². The molecule has 1 fully saturated rings. The Morgan fingerprint density at radius 1 is 1.41 bits per heavy atom. The van der Waals surface area contributed by atoms with Gasteiger partial charge in [0.2, 0.25) is 5.91 Å². The van der Waals surface area contributed by atoms with Gasteiger partial charge in [0, 0.05) is 26.7 Å². The van der Waals surface area contributed by atoms with Crippen molar-refractivity contribution in [1.82, 2.24) is 4.90 Å². The van der Waals surface area contributed by atoms with Crippen molar-refractivity contribution in [2.45, 2.75) is 18.9 Å². The number of nitrogens with zero attached hydrogens (tertiary/aromatic N) is 1. The molecule has 1 heterocycles. The van der Waals surface area contributed by atoms with Crippen LogP contribution < -0.4 is 0 Å². The normalized spacial score (nSPS) is 20.1. The van der Waals surface area contributed by atoms with Gasteiger partial charge in [0.25, 0.3) is 0 Å². The van der Waals surface area contributed by atoms with Crippen LogP contribution in [0, 0.1) is 0 Å². The fourth-order valence-corrected chi connectivity index (χ4v) is 1.68. The zero-order valence-electron chi connectivity index (χ0n) is 10.3. The third-order valence-electron chi connectivity index (χ3n) is 2.62. The fourth-order valence-electron chi connectivity index (χ4n) is 1.68. The molecule has 0 radical (unpaired) electrons. The van der Waals surface area contributed by atoms with Gasteiger partial charge in [0.1, 0.15) is 0 Å². The molecule has 0 saturated carbocycles. The first kappa shape index (κ1) is 13.9. The van der Waals surface area contributed by atoms with E-state index in [9.17, 15) is 9.59 Å². The van der Waals surface area contributed by atoms with Gasteiger partial charge in [0.15, 0.2) is 6.10 Å². The smallest absolute Gasteiger partial charge is 0.336 e. The van der Waals surface area contributed by atoms with E-state index < -0.39 is 12.1 Å². The van der Waals surface area contributed by atoms with E-state index in [0.29, 0.717) is 32.6 Å². The van der Waals surface area contributed by atoms with E-state index in [1.54, 1.807) is 12.0 Å². The Labute approximate surface area is 101 Å². The predicted molar refractivity (Wildman–Crippen MR) is 59.4 cm³/mol. The summed E-state index contributed by atoms with van der Waals surface area (Å²) in [6, 6.07) is 0. The van der Waals surface area contributed by atoms with Crippen molar-refractivity contribution in [2.75, 3.05) is 40.5 Å². The van der Waals surface area contributed by atoms with Crippen LogP contribution in [0.15, 0.2) is 0 Å². The molecule has 0 bridgehead atoms. The van der Waals surface area contributed by atoms with Crippen LogP contribution in [0.3, 0.4) is 0 Å². The molecule has 1 aliphatic rings. The highest BCUT2D eigenvalue weighted by Crippen LogP contribution is 2.09. The van der Waals surface area contributed by atoms with Gasteiger partial charge in [0.05, 0.1) is 20.3 Å². The predicted octanol–water partition coefficient (Wildman–Crippen LogP) is -0.187. The molecule has 6 heteroatoms. The maximum Gasteiger partial charge on any atom is 0.336 e. The van der Waals surface area contributed by atoms with Crippen LogP contribution in [-0.2, 0) is 23.8 Å². The Kier molecular flexibility index (Phi) is 5.93. The largest absolute Gasteiger partial charge is 0.467 e. The van der Waals surface area contributed by atoms with E-state index in [4.69, 9.17) is 9.47 Å². The van der Waals surface area contributed by atoms with E-state index >= 15 is 0 Å². The van der Waals surface area contributed by atoms with E-state index in [2.05, 4.69) is 4.74 Å². The van der Waals surface area contributed by atoms with Crippen LogP contribution in [0.2, 0.25) is 0 Å². The van der Waals surface area contributed by atoms with Crippen molar-refractivity contribution in [3.63, 3.8) is 0 Å². The lowest BCUT2D eigenvalue weighted by atomic mass is 10.2. The van der Waals surface area contributed by atoms with Crippen molar-refractivity contribution < 1.29 is 23.8 Å². The fraction of sp³-hybridized carbons (Fsp3) is 0.818. The zero-order chi connectivity index (χ0) is 12.7. The second-order valence-corrected chi connectivity index (χ2v) is 3.82. The maximum absolute atomic E-state index is 11.8. The van der Waals surface area contributed by atoms with Crippen molar-refractivity contribution in [3.05, 3.63) is 0 Å². The van der Waals surface area contributed by atoms with Gasteiger partial charge in [-0.15, -0.1) is 0 Å². The Bertz CT molecular complexity index is 269. The van der Waals surface area contributed by atoms with E-state index in [-0.39, 0.29) is 12.5 Å². The van der Waals surface area contributed by atoms with Gasteiger partial charge < -0.3 is 19.1 Å². The number of hydrogen-bond donors (Lipinski definition) is 0. The standard InChI is InChI=1S/C11H19NO5/c1-15-6-3-4-10(13)12-5-7-17-9(8-12)11(14)16-2/h9H,3-8H2,1-2H3. The molecule has 0 spiro atoms. The molecule has 0 aromatic heterocycles. The van der Waals surface area contributed by atoms with Crippen LogP contribution >= 0.6 is 0 Å². The van der Waals surface area contributed by atoms with Gasteiger partial charge in [-0.3, -0.25) is 4.79 Å². The number of methoxy groups -OCH3 is 2. The first-order valence-electron chi connectivity index (χ1n) is 5.65. The van der Waals surface area contributed by atoms with Crippen LogP contribution in [0.1, 0.15) is 12.8 Å². The van der Waals surface area contributed by atoms with Gasteiger partial charge in [-0.2, -0.15) is 0 Å². The molecular formula is C11H19NO5. The summed E-state index contributed by atoms with van der Waals surface area (Å²) in [7, 11) is 2.91. The summed E-state index contributed by atoms with van der Waals surface area (Å²) in [5.41, 5.74) is 0. The van der Waals surface area contributed by atoms with Gasteiger partial charge in [-0.05, 0) is 6.42 Å². The zero-order valence-corrected chi connectivity index (χ0v) is 10.3. The number of carbonyl (C=O) groups is 2. The van der Waals surface area contributed by atoms with Crippen molar-refractivity contribution >= 4 is 11.9 Å². The quantitative estimate of drug-likeness (QED) is 0.496. The van der Waals surface area contributed by atoms with E-state index in [1.807, 2.05) is 0 Å². The molecule has 1 rings (SSSR count). The number of carbonyl (C=O) groups excluding carboxylic acids is 2. The summed E-state index contributed by atoms with van der Waals surface area (Å²) < 4.78 is 14.7. The van der Waals surface area contributed by atoms with E-state index in [0.717, 1.165) is 0 Å². The maximum atomic E-state index is 11.8. The van der Waals surface area contributed by atoms with Crippen LogP contribution in [-0.4, -0.2) is 63.4 Å². The summed E-state index contributed by atoms with van der Waals surface area (Å²) in [6.07, 6.45) is 0.470. The molecule has 0 N–H and O–H groups in total. The molecular weight excluding hydrogens is 226 g/mol. The Morgan fingerprint density at radius 3 is 2.82 bits per heavy atom. The summed E-state index contributed by atoms with van der Waals surface area (Å²) in [5.74, 6) is -0.404. The number of amides is 1. The van der Waals surface area contributed by atoms with E-state index in [1.165, 1.54) is 7.11 Å². The molecule has 1 saturated heterocycles. The summed E-state index contributed by atoms with van der Waals surface area (Å²) >= 11 is 0. The highest BCUT2D eigenvalue weighted by molar-refractivity contribution is 5.79. The van der Waals surface area contributed by atoms with Crippen molar-refractivity contribution in [2.24, 2.45) is 0 Å². The van der Waals surface area contributed by atoms with Gasteiger partial charge in [-0.25, -0.2) is 4.79 Å². The summed E-state index contributed by atoms with van der Waals surface area (Å²) in [5, 5.41) is 0. The topological polar surface area (TPSA) is 65.1 Å². The molecule has 0 aromatic carbocycles. The first-order valence-corrected chi connectivity index (χ1v) is 5.65. The molecule has 98 valence electrons. The lowest BCUT2D eigenvalue weighted by molar-refractivity contribution is -0.162. The third-order valence-corrected chi connectivity index (χ3v) is 2.62. The Hall–Kier alpha value is -1.14. The van der Waals surface area contributed by atoms with Crippen molar-refractivity contribution in [1.29, 1.82) is 0 Å². The first-order chi connectivity index (χ1) is 8.19. The summed E-state index contributed by atoms with van der Waals surface area (Å²) in [6.45, 7) is 1.74. The molecule has 1 atom stereocenters. The monoisotopic (exact) mass is 245 g/mol. The average Bonchev–Trinajstić information content (AvgIpc) is 2.38. The molecule has 0 aromatic rings. The third kappa shape index (κ3) is 4.32. The average molecular weight is 245 g/mol. The minimum Gasteiger partial charge on any atom is -0.467 e. The molecule has 0 aliphatic carbocycles. The molecule has 17 heavy (non-hydrogen) atoms. The minimum atomic E-state index is -0.653. The molecule has 1 aliphatic heterocycles. The highest BCUT2D eigenvalue weighted by atomic mass is 16.6. The highest BCUT2D eigenvalue weighted by Gasteiger charge is 2.29. The summed E-state index contributed by atoms with van der Waals surface area (Å²) in [4.78, 5) is 24.7. The number of ether oxygens (including phenoxy) is 3. The van der Waals surface area contributed by atoms with Crippen LogP contribution in [0.4, 0.5) is 0 Å². The Morgan fingerprint density at radius 2 is 2.18 bits per heavy atom. The Balaban J connectivity index is 2.37. The SMILES string of the molecule is COCCCC(=O)N1CCOC(C(=O)OC)C1. The van der Waals surface area contributed by atoms with Gasteiger partial charge >= 0.3 is 5.97 Å². The number of rotatable bonds is 5. The lowest BCUT2D eigenvalue weighted by Gasteiger charge is -2.31. The number of morpholine rings is 1. The van der Waals surface area contributed by atoms with Crippen LogP contribution in [0.25, 0.3) is 0 Å². The second kappa shape index (κ2) is 7.24. The number of hydrogen-bond acceptors (Lipinski definition) is 5. The second-order valence-electron chi connectivity index (χ2n) is 3.82. The number of esters is 1. The molecule has 6 nitrogen and oxygen atoms in total. The molecule has 1 amide bonds. The minimum absolute atomic E-state index is 0.0271.